The fraction of sp³-hybridized carbons (Fsp3) is 0.318. The Morgan fingerprint density at radius 1 is 0.938 bits per heavy atom. The van der Waals surface area contributed by atoms with E-state index in [0.29, 0.717) is 46.2 Å². The second kappa shape index (κ2) is 10.8. The number of ether oxygens (including phenoxy) is 4. The summed E-state index contributed by atoms with van der Waals surface area (Å²) in [5.41, 5.74) is 1.38. The van der Waals surface area contributed by atoms with Gasteiger partial charge < -0.3 is 28.8 Å². The Labute approximate surface area is 191 Å². The van der Waals surface area contributed by atoms with Crippen molar-refractivity contribution in [1.82, 2.24) is 14.8 Å². The minimum Gasteiger partial charge on any atom is -0.497 e. The van der Waals surface area contributed by atoms with E-state index < -0.39 is 0 Å². The number of anilines is 1. The van der Waals surface area contributed by atoms with Crippen LogP contribution >= 0.6 is 11.8 Å². The summed E-state index contributed by atoms with van der Waals surface area (Å²) < 4.78 is 23.2. The van der Waals surface area contributed by atoms with Gasteiger partial charge in [0.05, 0.1) is 39.9 Å². The van der Waals surface area contributed by atoms with E-state index in [1.165, 1.54) is 11.8 Å². The van der Waals surface area contributed by atoms with Crippen LogP contribution in [0.25, 0.3) is 11.4 Å². The number of rotatable bonds is 10. The Morgan fingerprint density at radius 2 is 1.66 bits per heavy atom. The lowest BCUT2D eigenvalue weighted by molar-refractivity contribution is -0.113. The minimum absolute atomic E-state index is 0.157. The molecule has 0 spiro atoms. The van der Waals surface area contributed by atoms with Crippen molar-refractivity contribution in [3.8, 4) is 34.4 Å². The highest BCUT2D eigenvalue weighted by Gasteiger charge is 2.17. The molecule has 0 saturated carbocycles. The highest BCUT2D eigenvalue weighted by molar-refractivity contribution is 7.99. The van der Waals surface area contributed by atoms with Gasteiger partial charge in [-0.2, -0.15) is 0 Å². The van der Waals surface area contributed by atoms with Crippen molar-refractivity contribution in [3.63, 3.8) is 0 Å². The summed E-state index contributed by atoms with van der Waals surface area (Å²) in [5.74, 6) is 3.07. The van der Waals surface area contributed by atoms with Crippen LogP contribution in [0.5, 0.6) is 23.0 Å². The zero-order valence-corrected chi connectivity index (χ0v) is 19.5. The highest BCUT2D eigenvalue weighted by Crippen LogP contribution is 2.33. The van der Waals surface area contributed by atoms with Crippen LogP contribution in [-0.4, -0.2) is 54.9 Å². The molecule has 3 aromatic rings. The number of thioether (sulfide) groups is 1. The molecule has 0 unspecified atom stereocenters. The molecule has 0 fully saturated rings. The number of nitrogens with zero attached hydrogens (tertiary/aromatic N) is 3. The molecule has 0 saturated heterocycles. The van der Waals surface area contributed by atoms with E-state index in [0.717, 1.165) is 5.56 Å². The maximum Gasteiger partial charge on any atom is 0.234 e. The van der Waals surface area contributed by atoms with Crippen LogP contribution in [0.3, 0.4) is 0 Å². The number of carbonyl (C=O) groups excluding carboxylic acids is 1. The van der Waals surface area contributed by atoms with Crippen LogP contribution < -0.4 is 24.3 Å². The minimum atomic E-state index is -0.195. The molecule has 0 aliphatic carbocycles. The summed E-state index contributed by atoms with van der Waals surface area (Å²) in [6.45, 7) is 2.64. The number of amides is 1. The molecular formula is C22H26N4O5S. The van der Waals surface area contributed by atoms with Gasteiger partial charge in [0.2, 0.25) is 5.91 Å². The Kier molecular flexibility index (Phi) is 7.82. The first-order valence-electron chi connectivity index (χ1n) is 9.84. The second-order valence-corrected chi connectivity index (χ2v) is 7.47. The lowest BCUT2D eigenvalue weighted by atomic mass is 10.2. The third-order valence-electron chi connectivity index (χ3n) is 4.69. The molecule has 1 heterocycles. The largest absolute Gasteiger partial charge is 0.497 e. The van der Waals surface area contributed by atoms with Gasteiger partial charge in [0, 0.05) is 18.2 Å². The topological polar surface area (TPSA) is 96.7 Å². The van der Waals surface area contributed by atoms with Gasteiger partial charge in [0.25, 0.3) is 0 Å². The van der Waals surface area contributed by atoms with Gasteiger partial charge in [-0.05, 0) is 37.3 Å². The van der Waals surface area contributed by atoms with Crippen LogP contribution in [0, 0.1) is 0 Å². The van der Waals surface area contributed by atoms with Crippen LogP contribution in [0.1, 0.15) is 6.92 Å². The fourth-order valence-electron chi connectivity index (χ4n) is 3.10. The number of methoxy groups -OCH3 is 4. The standard InChI is InChI=1S/C22H26N4O5S/c1-6-26-21(14-7-9-18(30-4)19(11-14)31-5)24-25-22(26)32-13-20(27)23-16-12-15(28-2)8-10-17(16)29-3/h7-12H,6,13H2,1-5H3,(H,23,27). The first kappa shape index (κ1) is 23.3. The van der Waals surface area contributed by atoms with Crippen LogP contribution in [0.4, 0.5) is 5.69 Å². The third kappa shape index (κ3) is 5.08. The van der Waals surface area contributed by atoms with Gasteiger partial charge in [0.1, 0.15) is 11.5 Å². The molecule has 10 heteroatoms. The summed E-state index contributed by atoms with van der Waals surface area (Å²) in [6.07, 6.45) is 0. The summed E-state index contributed by atoms with van der Waals surface area (Å²) in [6, 6.07) is 10.8. The molecule has 1 N–H and O–H groups in total. The van der Waals surface area contributed by atoms with E-state index >= 15 is 0 Å². The summed E-state index contributed by atoms with van der Waals surface area (Å²) in [4.78, 5) is 12.6. The molecule has 9 nitrogen and oxygen atoms in total. The summed E-state index contributed by atoms with van der Waals surface area (Å²) in [5, 5.41) is 12.1. The van der Waals surface area contributed by atoms with Crippen molar-refractivity contribution in [3.05, 3.63) is 36.4 Å². The van der Waals surface area contributed by atoms with E-state index in [4.69, 9.17) is 18.9 Å². The van der Waals surface area contributed by atoms with Gasteiger partial charge in [-0.3, -0.25) is 4.79 Å². The Hall–Kier alpha value is -3.40. The molecule has 0 aliphatic rings. The maximum atomic E-state index is 12.6. The molecule has 2 aromatic carbocycles. The third-order valence-corrected chi connectivity index (χ3v) is 5.65. The average Bonchev–Trinajstić information content (AvgIpc) is 3.25. The highest BCUT2D eigenvalue weighted by atomic mass is 32.2. The maximum absolute atomic E-state index is 12.6. The van der Waals surface area contributed by atoms with Crippen molar-refractivity contribution in [2.24, 2.45) is 0 Å². The average molecular weight is 459 g/mol. The zero-order valence-electron chi connectivity index (χ0n) is 18.7. The second-order valence-electron chi connectivity index (χ2n) is 6.52. The molecule has 0 radical (unpaired) electrons. The van der Waals surface area contributed by atoms with E-state index in [2.05, 4.69) is 15.5 Å². The molecule has 0 aliphatic heterocycles. The van der Waals surface area contributed by atoms with Gasteiger partial charge in [-0.15, -0.1) is 10.2 Å². The monoisotopic (exact) mass is 458 g/mol. The lowest BCUT2D eigenvalue weighted by Gasteiger charge is -2.12. The Bertz CT molecular complexity index is 1090. The van der Waals surface area contributed by atoms with Gasteiger partial charge in [-0.1, -0.05) is 11.8 Å². The summed E-state index contributed by atoms with van der Waals surface area (Å²) >= 11 is 1.30. The first-order chi connectivity index (χ1) is 15.5. The van der Waals surface area contributed by atoms with E-state index in [1.807, 2.05) is 29.7 Å². The van der Waals surface area contributed by atoms with Crippen molar-refractivity contribution < 1.29 is 23.7 Å². The number of nitrogens with one attached hydrogen (secondary N) is 1. The predicted molar refractivity (Wildman–Crippen MR) is 123 cm³/mol. The van der Waals surface area contributed by atoms with Crippen molar-refractivity contribution in [2.75, 3.05) is 39.5 Å². The zero-order chi connectivity index (χ0) is 23.1. The lowest BCUT2D eigenvalue weighted by Crippen LogP contribution is -2.15. The molecular weight excluding hydrogens is 432 g/mol. The van der Waals surface area contributed by atoms with Crippen LogP contribution in [-0.2, 0) is 11.3 Å². The molecule has 1 aromatic heterocycles. The number of aromatic nitrogens is 3. The van der Waals surface area contributed by atoms with Crippen molar-refractivity contribution >= 4 is 23.4 Å². The van der Waals surface area contributed by atoms with E-state index in [-0.39, 0.29) is 11.7 Å². The van der Waals surface area contributed by atoms with Gasteiger partial charge in [-0.25, -0.2) is 0 Å². The van der Waals surface area contributed by atoms with Crippen molar-refractivity contribution in [2.45, 2.75) is 18.6 Å². The Balaban J connectivity index is 1.74. The van der Waals surface area contributed by atoms with Crippen LogP contribution in [0.2, 0.25) is 0 Å². The number of carbonyl (C=O) groups is 1. The Morgan fingerprint density at radius 3 is 2.31 bits per heavy atom. The number of benzene rings is 2. The molecule has 170 valence electrons. The SMILES string of the molecule is CCn1c(SCC(=O)Nc2cc(OC)ccc2OC)nnc1-c1ccc(OC)c(OC)c1. The molecule has 0 bridgehead atoms. The number of hydrogen-bond acceptors (Lipinski definition) is 8. The predicted octanol–water partition coefficient (Wildman–Crippen LogP) is 3.73. The van der Waals surface area contributed by atoms with Gasteiger partial charge in [0.15, 0.2) is 22.5 Å². The van der Waals surface area contributed by atoms with E-state index in [9.17, 15) is 4.79 Å². The molecule has 0 atom stereocenters. The quantitative estimate of drug-likeness (QED) is 0.459. The van der Waals surface area contributed by atoms with Gasteiger partial charge >= 0.3 is 0 Å². The normalized spacial score (nSPS) is 10.5. The molecule has 3 rings (SSSR count). The molecule has 1 amide bonds. The smallest absolute Gasteiger partial charge is 0.234 e. The number of hydrogen-bond donors (Lipinski definition) is 1. The van der Waals surface area contributed by atoms with Crippen LogP contribution in [0.15, 0.2) is 41.6 Å². The van der Waals surface area contributed by atoms with Crippen molar-refractivity contribution in [1.29, 1.82) is 0 Å². The first-order valence-corrected chi connectivity index (χ1v) is 10.8. The van der Waals surface area contributed by atoms with E-state index in [1.54, 1.807) is 46.6 Å². The summed E-state index contributed by atoms with van der Waals surface area (Å²) in [7, 11) is 6.29. The molecule has 32 heavy (non-hydrogen) atoms. The fourth-order valence-corrected chi connectivity index (χ4v) is 3.90.